The monoisotopic (exact) mass is 449 g/mol. The van der Waals surface area contributed by atoms with Gasteiger partial charge in [0.25, 0.3) is 0 Å². The van der Waals surface area contributed by atoms with Gasteiger partial charge in [0.1, 0.15) is 0 Å². The summed E-state index contributed by atoms with van der Waals surface area (Å²) in [6.45, 7) is 4.77. The number of hydrogen-bond donors (Lipinski definition) is 2. The zero-order chi connectivity index (χ0) is 23.9. The predicted octanol–water partition coefficient (Wildman–Crippen LogP) is 5.52. The Morgan fingerprint density at radius 1 is 1.15 bits per heavy atom. The Morgan fingerprint density at radius 2 is 1.88 bits per heavy atom. The highest BCUT2D eigenvalue weighted by molar-refractivity contribution is 6.05. The topological polar surface area (TPSA) is 108 Å². The van der Waals surface area contributed by atoms with E-state index in [1.165, 1.54) is 0 Å². The van der Waals surface area contributed by atoms with Crippen molar-refractivity contribution in [3.05, 3.63) is 83.9 Å². The molecule has 7 heteroatoms. The fraction of sp³-hybridized carbons (Fsp3) is 0.185. The second kappa shape index (κ2) is 8.16. The molecule has 0 radical (unpaired) electrons. The third-order valence-electron chi connectivity index (χ3n) is 6.30. The van der Waals surface area contributed by atoms with E-state index >= 15 is 0 Å². The number of benzene rings is 2. The number of carboxylic acid groups (broad SMARTS) is 1. The van der Waals surface area contributed by atoms with E-state index in [9.17, 15) is 15.2 Å². The maximum atomic E-state index is 11.4. The van der Waals surface area contributed by atoms with E-state index in [0.29, 0.717) is 13.0 Å². The van der Waals surface area contributed by atoms with Crippen LogP contribution in [0.25, 0.3) is 32.9 Å². The van der Waals surface area contributed by atoms with Gasteiger partial charge in [0.2, 0.25) is 0 Å². The number of pyridine rings is 1. The van der Waals surface area contributed by atoms with Crippen LogP contribution in [-0.2, 0) is 12.0 Å². The van der Waals surface area contributed by atoms with Crippen molar-refractivity contribution in [2.75, 3.05) is 0 Å². The van der Waals surface area contributed by atoms with Crippen molar-refractivity contribution in [2.24, 2.45) is 0 Å². The number of aromatic amines is 1. The van der Waals surface area contributed by atoms with Gasteiger partial charge in [-0.1, -0.05) is 26.0 Å². The molecule has 0 saturated heterocycles. The molecule has 7 nitrogen and oxygen atoms in total. The molecule has 2 N–H and O–H groups in total. The lowest BCUT2D eigenvalue weighted by Gasteiger charge is -2.26. The Kier molecular flexibility index (Phi) is 5.14. The van der Waals surface area contributed by atoms with E-state index in [1.807, 2.05) is 24.3 Å². The summed E-state index contributed by atoms with van der Waals surface area (Å²) in [6, 6.07) is 17.5. The molecule has 3 heterocycles. The number of hydrogen-bond acceptors (Lipinski definition) is 4. The van der Waals surface area contributed by atoms with Crippen LogP contribution in [0, 0.1) is 11.3 Å². The molecular weight excluding hydrogens is 426 g/mol. The highest BCUT2D eigenvalue weighted by Gasteiger charge is 2.31. The van der Waals surface area contributed by atoms with Crippen LogP contribution in [0.15, 0.2) is 67.1 Å². The molecule has 3 aromatic heterocycles. The van der Waals surface area contributed by atoms with Gasteiger partial charge < -0.3 is 9.67 Å². The van der Waals surface area contributed by atoms with Gasteiger partial charge in [-0.15, -0.1) is 0 Å². The highest BCUT2D eigenvalue weighted by Crippen LogP contribution is 2.44. The average molecular weight is 450 g/mol. The Hall–Kier alpha value is -4.44. The van der Waals surface area contributed by atoms with Crippen molar-refractivity contribution in [1.82, 2.24) is 19.7 Å². The molecule has 2 aromatic carbocycles. The van der Waals surface area contributed by atoms with Crippen LogP contribution in [-0.4, -0.2) is 30.8 Å². The number of carboxylic acids is 1. The van der Waals surface area contributed by atoms with Gasteiger partial charge in [-0.3, -0.25) is 10.1 Å². The first-order valence-electron chi connectivity index (χ1n) is 11.0. The van der Waals surface area contributed by atoms with Gasteiger partial charge in [0.05, 0.1) is 28.9 Å². The third-order valence-corrected chi connectivity index (χ3v) is 6.30. The van der Waals surface area contributed by atoms with Gasteiger partial charge in [0, 0.05) is 52.8 Å². The van der Waals surface area contributed by atoms with Crippen LogP contribution in [0.5, 0.6) is 0 Å². The van der Waals surface area contributed by atoms with Crippen LogP contribution < -0.4 is 0 Å². The van der Waals surface area contributed by atoms with Gasteiger partial charge in [-0.05, 0) is 47.5 Å². The Labute approximate surface area is 196 Å². The summed E-state index contributed by atoms with van der Waals surface area (Å²) in [7, 11) is 0. The summed E-state index contributed by atoms with van der Waals surface area (Å²) < 4.78 is 2.27. The lowest BCUT2D eigenvalue weighted by Crippen LogP contribution is -2.22. The quantitative estimate of drug-likeness (QED) is 0.355. The molecule has 34 heavy (non-hydrogen) atoms. The molecule has 5 aromatic rings. The summed E-state index contributed by atoms with van der Waals surface area (Å²) in [5.41, 5.74) is 5.75. The summed E-state index contributed by atoms with van der Waals surface area (Å²) in [6.07, 6.45) is 5.70. The Balaban J connectivity index is 1.87. The Bertz CT molecular complexity index is 1550. The molecule has 0 aliphatic heterocycles. The molecule has 0 aliphatic carbocycles. The van der Waals surface area contributed by atoms with E-state index in [2.05, 4.69) is 51.8 Å². The van der Waals surface area contributed by atoms with Crippen LogP contribution in [0.2, 0.25) is 0 Å². The van der Waals surface area contributed by atoms with Crippen LogP contribution in [0.4, 0.5) is 0 Å². The van der Waals surface area contributed by atoms with Gasteiger partial charge in [-0.2, -0.15) is 10.4 Å². The highest BCUT2D eigenvalue weighted by atomic mass is 16.4. The zero-order valence-corrected chi connectivity index (χ0v) is 18.9. The van der Waals surface area contributed by atoms with E-state index in [4.69, 9.17) is 0 Å². The normalized spacial score (nSPS) is 11.7. The van der Waals surface area contributed by atoms with E-state index in [-0.39, 0.29) is 5.56 Å². The summed E-state index contributed by atoms with van der Waals surface area (Å²) in [5, 5.41) is 28.3. The maximum Gasteiger partial charge on any atom is 0.335 e. The molecule has 168 valence electrons. The van der Waals surface area contributed by atoms with E-state index in [0.717, 1.165) is 44.2 Å². The molecular formula is C27H23N5O2. The smallest absolute Gasteiger partial charge is 0.335 e. The molecule has 0 aliphatic rings. The SMILES string of the molecule is CC(C)(CC#N)c1c(-c2ccc(C(=O)O)cc2)c2cc3[nH]ncc3cc2n1Cc1ccncc1. The Morgan fingerprint density at radius 3 is 2.56 bits per heavy atom. The minimum Gasteiger partial charge on any atom is -0.478 e. The zero-order valence-electron chi connectivity index (χ0n) is 18.9. The van der Waals surface area contributed by atoms with Crippen molar-refractivity contribution < 1.29 is 9.90 Å². The summed E-state index contributed by atoms with van der Waals surface area (Å²) in [5.74, 6) is -0.962. The van der Waals surface area contributed by atoms with Gasteiger partial charge in [-0.25, -0.2) is 4.79 Å². The number of nitriles is 1. The maximum absolute atomic E-state index is 11.4. The number of fused-ring (bicyclic) bond motifs is 2. The molecule has 0 saturated carbocycles. The molecule has 0 unspecified atom stereocenters. The van der Waals surface area contributed by atoms with Crippen molar-refractivity contribution in [2.45, 2.75) is 32.2 Å². The number of aromatic carboxylic acids is 1. The number of aromatic nitrogens is 4. The second-order valence-corrected chi connectivity index (χ2v) is 9.09. The summed E-state index contributed by atoms with van der Waals surface area (Å²) in [4.78, 5) is 15.6. The fourth-order valence-corrected chi connectivity index (χ4v) is 4.68. The minimum atomic E-state index is -0.962. The lowest BCUT2D eigenvalue weighted by molar-refractivity contribution is 0.0697. The molecule has 0 amide bonds. The van der Waals surface area contributed by atoms with Gasteiger partial charge in [0.15, 0.2) is 0 Å². The lowest BCUT2D eigenvalue weighted by atomic mass is 9.81. The molecule has 0 bridgehead atoms. The average Bonchev–Trinajstić information content (AvgIpc) is 3.41. The largest absolute Gasteiger partial charge is 0.478 e. The first-order valence-corrected chi connectivity index (χ1v) is 11.0. The van der Waals surface area contributed by atoms with Crippen LogP contribution in [0.3, 0.4) is 0 Å². The second-order valence-electron chi connectivity index (χ2n) is 9.09. The van der Waals surface area contributed by atoms with E-state index < -0.39 is 11.4 Å². The number of nitrogens with zero attached hydrogens (tertiary/aromatic N) is 4. The molecule has 0 atom stereocenters. The van der Waals surface area contributed by atoms with Gasteiger partial charge >= 0.3 is 5.97 Å². The van der Waals surface area contributed by atoms with Crippen LogP contribution in [0.1, 0.15) is 41.9 Å². The third kappa shape index (κ3) is 3.59. The van der Waals surface area contributed by atoms with Crippen molar-refractivity contribution in [3.63, 3.8) is 0 Å². The predicted molar refractivity (Wildman–Crippen MR) is 131 cm³/mol. The molecule has 0 spiro atoms. The fourth-order valence-electron chi connectivity index (χ4n) is 4.68. The standard InChI is InChI=1S/C27H23N5O2/c1-27(2,9-10-28)25-24(18-3-5-19(6-4-18)26(33)34)21-14-22-20(15-30-31-22)13-23(21)32(25)16-17-7-11-29-12-8-17/h3-8,11-15H,9,16H2,1-2H3,(H,30,31)(H,33,34). The molecule has 0 fully saturated rings. The first-order chi connectivity index (χ1) is 16.4. The number of rotatable bonds is 6. The van der Waals surface area contributed by atoms with Crippen molar-refractivity contribution in [1.29, 1.82) is 5.26 Å². The molecule has 5 rings (SSSR count). The minimum absolute atomic E-state index is 0.234. The van der Waals surface area contributed by atoms with Crippen LogP contribution >= 0.6 is 0 Å². The van der Waals surface area contributed by atoms with Crippen molar-refractivity contribution in [3.8, 4) is 17.2 Å². The number of carbonyl (C=O) groups is 1. The van der Waals surface area contributed by atoms with E-state index in [1.54, 1.807) is 30.7 Å². The summed E-state index contributed by atoms with van der Waals surface area (Å²) >= 11 is 0. The number of H-pyrrole nitrogens is 1. The number of nitrogens with one attached hydrogen (secondary N) is 1. The van der Waals surface area contributed by atoms with Crippen molar-refractivity contribution >= 4 is 27.8 Å². The first kappa shape index (κ1) is 21.4.